The molecule has 0 bridgehead atoms. The van der Waals surface area contributed by atoms with E-state index in [-0.39, 0.29) is 5.82 Å². The molecule has 0 aliphatic carbocycles. The third-order valence-corrected chi connectivity index (χ3v) is 4.54. The maximum absolute atomic E-state index is 13.5. The van der Waals surface area contributed by atoms with Crippen molar-refractivity contribution in [3.05, 3.63) is 46.2 Å². The highest BCUT2D eigenvalue weighted by Gasteiger charge is 2.12. The van der Waals surface area contributed by atoms with E-state index in [1.54, 1.807) is 0 Å². The second-order valence-electron chi connectivity index (χ2n) is 4.30. The Labute approximate surface area is 122 Å². The zero-order valence-electron chi connectivity index (χ0n) is 10.1. The number of benzene rings is 2. The quantitative estimate of drug-likeness (QED) is 0.651. The molecular formula is C14H10BrFN2S. The van der Waals surface area contributed by atoms with Gasteiger partial charge in [-0.2, -0.15) is 0 Å². The van der Waals surface area contributed by atoms with Crippen LogP contribution in [0.3, 0.4) is 0 Å². The van der Waals surface area contributed by atoms with Gasteiger partial charge in [0.05, 0.1) is 10.2 Å². The second-order valence-corrected chi connectivity index (χ2v) is 6.24. The summed E-state index contributed by atoms with van der Waals surface area (Å²) in [6, 6.07) is 8.71. The average molecular weight is 337 g/mol. The predicted molar refractivity (Wildman–Crippen MR) is 81.9 cm³/mol. The molecule has 0 radical (unpaired) electrons. The van der Waals surface area contributed by atoms with E-state index in [1.807, 2.05) is 25.1 Å². The van der Waals surface area contributed by atoms with Crippen molar-refractivity contribution in [1.29, 1.82) is 0 Å². The van der Waals surface area contributed by atoms with Gasteiger partial charge >= 0.3 is 0 Å². The topological polar surface area (TPSA) is 38.9 Å². The van der Waals surface area contributed by atoms with Crippen LogP contribution in [-0.4, -0.2) is 4.98 Å². The molecule has 3 aromatic rings. The molecule has 3 rings (SSSR count). The van der Waals surface area contributed by atoms with Crippen LogP contribution in [0.1, 0.15) is 5.56 Å². The number of thiazole rings is 1. The number of rotatable bonds is 1. The van der Waals surface area contributed by atoms with Crippen molar-refractivity contribution < 1.29 is 4.39 Å². The van der Waals surface area contributed by atoms with E-state index < -0.39 is 0 Å². The Morgan fingerprint density at radius 1 is 1.26 bits per heavy atom. The lowest BCUT2D eigenvalue weighted by molar-refractivity contribution is 0.628. The van der Waals surface area contributed by atoms with Crippen molar-refractivity contribution in [2.45, 2.75) is 6.92 Å². The molecule has 1 aromatic heterocycles. The Morgan fingerprint density at radius 2 is 2.05 bits per heavy atom. The lowest BCUT2D eigenvalue weighted by Gasteiger charge is -2.05. The Morgan fingerprint density at radius 3 is 2.84 bits per heavy atom. The molecule has 2 aromatic carbocycles. The van der Waals surface area contributed by atoms with Crippen LogP contribution in [0.2, 0.25) is 0 Å². The van der Waals surface area contributed by atoms with E-state index in [4.69, 9.17) is 5.73 Å². The molecule has 0 atom stereocenters. The second kappa shape index (κ2) is 4.58. The maximum Gasteiger partial charge on any atom is 0.125 e. The van der Waals surface area contributed by atoms with Gasteiger partial charge in [-0.05, 0) is 42.8 Å². The molecule has 0 unspecified atom stereocenters. The molecular weight excluding hydrogens is 327 g/mol. The van der Waals surface area contributed by atoms with Crippen molar-refractivity contribution >= 4 is 43.2 Å². The number of halogens is 2. The summed E-state index contributed by atoms with van der Waals surface area (Å²) in [5.41, 5.74) is 8.79. The highest BCUT2D eigenvalue weighted by molar-refractivity contribution is 9.10. The fourth-order valence-corrected chi connectivity index (χ4v) is 3.53. The number of hydrogen-bond donors (Lipinski definition) is 1. The Hall–Kier alpha value is -1.46. The molecule has 1 heterocycles. The minimum Gasteiger partial charge on any atom is -0.398 e. The summed E-state index contributed by atoms with van der Waals surface area (Å²) in [6.45, 7) is 1.88. The highest BCUT2D eigenvalue weighted by Crippen LogP contribution is 2.35. The van der Waals surface area contributed by atoms with Crippen molar-refractivity contribution in [3.63, 3.8) is 0 Å². The van der Waals surface area contributed by atoms with Crippen LogP contribution in [0, 0.1) is 12.7 Å². The number of hydrogen-bond acceptors (Lipinski definition) is 3. The van der Waals surface area contributed by atoms with E-state index in [0.717, 1.165) is 30.8 Å². The lowest BCUT2D eigenvalue weighted by atomic mass is 10.1. The minimum absolute atomic E-state index is 0.335. The van der Waals surface area contributed by atoms with Crippen molar-refractivity contribution in [1.82, 2.24) is 4.98 Å². The predicted octanol–water partition coefficient (Wildman–Crippen LogP) is 4.76. The van der Waals surface area contributed by atoms with Crippen LogP contribution < -0.4 is 5.73 Å². The fraction of sp³-hybridized carbons (Fsp3) is 0.0714. The van der Waals surface area contributed by atoms with Gasteiger partial charge in [-0.1, -0.05) is 15.9 Å². The maximum atomic E-state index is 13.5. The fourth-order valence-electron chi connectivity index (χ4n) is 1.94. The van der Waals surface area contributed by atoms with Crippen molar-refractivity contribution in [2.24, 2.45) is 0 Å². The minimum atomic E-state index is -0.335. The Bertz CT molecular complexity index is 782. The number of aromatic nitrogens is 1. The van der Waals surface area contributed by atoms with Crippen molar-refractivity contribution in [2.75, 3.05) is 5.73 Å². The van der Waals surface area contributed by atoms with E-state index >= 15 is 0 Å². The monoisotopic (exact) mass is 336 g/mol. The third kappa shape index (κ3) is 2.24. The number of nitrogens with zero attached hydrogens (tertiary/aromatic N) is 1. The van der Waals surface area contributed by atoms with E-state index in [0.29, 0.717) is 5.69 Å². The molecule has 5 heteroatoms. The molecule has 2 nitrogen and oxygen atoms in total. The van der Waals surface area contributed by atoms with E-state index in [1.165, 1.54) is 23.5 Å². The molecule has 19 heavy (non-hydrogen) atoms. The smallest absolute Gasteiger partial charge is 0.125 e. The van der Waals surface area contributed by atoms with Gasteiger partial charge in [0.2, 0.25) is 0 Å². The number of fused-ring (bicyclic) bond motifs is 1. The summed E-state index contributed by atoms with van der Waals surface area (Å²) in [5.74, 6) is -0.335. The summed E-state index contributed by atoms with van der Waals surface area (Å²) in [4.78, 5) is 4.54. The van der Waals surface area contributed by atoms with Crippen molar-refractivity contribution in [3.8, 4) is 10.6 Å². The summed E-state index contributed by atoms with van der Waals surface area (Å²) in [5, 5.41) is 0.789. The van der Waals surface area contributed by atoms with E-state index in [9.17, 15) is 4.39 Å². The average Bonchev–Trinajstić information content (AvgIpc) is 2.76. The van der Waals surface area contributed by atoms with Gasteiger partial charge in [0.15, 0.2) is 0 Å². The van der Waals surface area contributed by atoms with Gasteiger partial charge in [0.1, 0.15) is 10.8 Å². The van der Waals surface area contributed by atoms with Gasteiger partial charge in [-0.3, -0.25) is 0 Å². The molecule has 0 saturated carbocycles. The molecule has 0 fully saturated rings. The standard InChI is InChI=1S/C14H10BrFN2S/c1-7-10(5-9(16)6-11(7)17)14-18-12-3-2-8(15)4-13(12)19-14/h2-6H,17H2,1H3. The zero-order valence-corrected chi connectivity index (χ0v) is 12.5. The number of nitrogen functional groups attached to an aromatic ring is 1. The molecule has 0 aliphatic rings. The molecule has 0 spiro atoms. The van der Waals surface area contributed by atoms with Crippen LogP contribution >= 0.6 is 27.3 Å². The summed E-state index contributed by atoms with van der Waals surface area (Å²) in [6.07, 6.45) is 0. The molecule has 0 saturated heterocycles. The first-order valence-electron chi connectivity index (χ1n) is 5.66. The molecule has 0 amide bonds. The lowest BCUT2D eigenvalue weighted by Crippen LogP contribution is -1.94. The van der Waals surface area contributed by atoms with Gasteiger partial charge < -0.3 is 5.73 Å². The normalized spacial score (nSPS) is 11.1. The summed E-state index contributed by atoms with van der Waals surface area (Å²) < 4.78 is 15.6. The Kier molecular flexibility index (Phi) is 3.03. The Balaban J connectivity index is 2.24. The molecule has 96 valence electrons. The first-order valence-corrected chi connectivity index (χ1v) is 7.27. The largest absolute Gasteiger partial charge is 0.398 e. The SMILES string of the molecule is Cc1c(N)cc(F)cc1-c1nc2ccc(Br)cc2s1. The first-order chi connectivity index (χ1) is 9.04. The summed E-state index contributed by atoms with van der Waals surface area (Å²) >= 11 is 4.97. The van der Waals surface area contributed by atoms with Crippen LogP contribution in [0.4, 0.5) is 10.1 Å². The molecule has 0 aliphatic heterocycles. The number of anilines is 1. The van der Waals surface area contributed by atoms with Crippen LogP contribution in [-0.2, 0) is 0 Å². The van der Waals surface area contributed by atoms with Gasteiger partial charge in [-0.15, -0.1) is 11.3 Å². The zero-order chi connectivity index (χ0) is 13.6. The third-order valence-electron chi connectivity index (χ3n) is 2.99. The molecule has 2 N–H and O–H groups in total. The highest BCUT2D eigenvalue weighted by atomic mass is 79.9. The number of nitrogens with two attached hydrogens (primary N) is 1. The summed E-state index contributed by atoms with van der Waals surface area (Å²) in [7, 11) is 0. The van der Waals surface area contributed by atoms with Gasteiger partial charge in [-0.25, -0.2) is 9.37 Å². The van der Waals surface area contributed by atoms with Gasteiger partial charge in [0, 0.05) is 15.7 Å². The van der Waals surface area contributed by atoms with Crippen LogP contribution in [0.5, 0.6) is 0 Å². The van der Waals surface area contributed by atoms with E-state index in [2.05, 4.69) is 20.9 Å². The van der Waals surface area contributed by atoms with Gasteiger partial charge in [0.25, 0.3) is 0 Å². The van der Waals surface area contributed by atoms with Crippen LogP contribution in [0.25, 0.3) is 20.8 Å². The first kappa shape index (κ1) is 12.6. The van der Waals surface area contributed by atoms with Crippen LogP contribution in [0.15, 0.2) is 34.8 Å².